The van der Waals surface area contributed by atoms with Crippen LogP contribution < -0.4 is 0 Å². The average molecular weight is 318 g/mol. The summed E-state index contributed by atoms with van der Waals surface area (Å²) in [6.07, 6.45) is 2.84. The van der Waals surface area contributed by atoms with Crippen molar-refractivity contribution < 1.29 is 0 Å². The third-order valence-corrected chi connectivity index (χ3v) is 3.15. The lowest BCUT2D eigenvalue weighted by Crippen LogP contribution is -2.12. The van der Waals surface area contributed by atoms with Crippen LogP contribution in [0.15, 0.2) is 12.3 Å². The quantitative estimate of drug-likeness (QED) is 0.638. The highest BCUT2D eigenvalue weighted by molar-refractivity contribution is 6.66. The first kappa shape index (κ1) is 14.4. The molecule has 0 bridgehead atoms. The molecule has 7 heteroatoms. The van der Waals surface area contributed by atoms with Crippen LogP contribution in [0.5, 0.6) is 0 Å². The van der Waals surface area contributed by atoms with E-state index < -0.39 is 3.79 Å². The topological polar surface area (TPSA) is 54.5 Å². The van der Waals surface area contributed by atoms with Crippen molar-refractivity contribution in [3.8, 4) is 6.07 Å². The van der Waals surface area contributed by atoms with Gasteiger partial charge in [0.25, 0.3) is 0 Å². The molecule has 0 atom stereocenters. The molecule has 0 aliphatic rings. The van der Waals surface area contributed by atoms with Gasteiger partial charge in [-0.1, -0.05) is 34.8 Å². The first-order valence-corrected chi connectivity index (χ1v) is 6.84. The molecule has 0 aromatic carbocycles. The molecule has 0 saturated heterocycles. The summed E-state index contributed by atoms with van der Waals surface area (Å²) in [4.78, 5) is 8.68. The largest absolute Gasteiger partial charge is 0.309 e. The molecule has 0 spiro atoms. The normalized spacial score (nSPS) is 11.7. The molecular formula is C12H11Cl3N4. The Balaban J connectivity index is 2.53. The van der Waals surface area contributed by atoms with Gasteiger partial charge in [-0.15, -0.1) is 0 Å². The van der Waals surface area contributed by atoms with E-state index in [-0.39, 0.29) is 0 Å². The van der Waals surface area contributed by atoms with Gasteiger partial charge in [-0.3, -0.25) is 0 Å². The number of nitriles is 1. The summed E-state index contributed by atoms with van der Waals surface area (Å²) in [5.74, 6) is 0.337. The first-order chi connectivity index (χ1) is 8.93. The molecule has 2 rings (SSSR count). The Morgan fingerprint density at radius 3 is 2.79 bits per heavy atom. The highest BCUT2D eigenvalue weighted by atomic mass is 35.6. The minimum atomic E-state index is -1.61. The Morgan fingerprint density at radius 1 is 1.42 bits per heavy atom. The second kappa shape index (κ2) is 5.54. The van der Waals surface area contributed by atoms with E-state index in [0.29, 0.717) is 36.4 Å². The number of pyridine rings is 1. The monoisotopic (exact) mass is 316 g/mol. The SMILES string of the molecule is Cc1cnc2c(c1)nc(C(Cl)(Cl)Cl)n2CCCC#N. The number of aromatic nitrogens is 3. The van der Waals surface area contributed by atoms with Crippen LogP contribution in [0, 0.1) is 18.3 Å². The number of halogens is 3. The maximum absolute atomic E-state index is 8.61. The van der Waals surface area contributed by atoms with Crippen molar-refractivity contribution in [1.82, 2.24) is 14.5 Å². The number of imidazole rings is 1. The minimum Gasteiger partial charge on any atom is -0.309 e. The molecule has 2 heterocycles. The number of nitrogens with zero attached hydrogens (tertiary/aromatic N) is 4. The Bertz CT molecular complexity index is 637. The highest BCUT2D eigenvalue weighted by Crippen LogP contribution is 2.38. The van der Waals surface area contributed by atoms with Crippen LogP contribution in [-0.4, -0.2) is 14.5 Å². The molecule has 19 heavy (non-hydrogen) atoms. The van der Waals surface area contributed by atoms with Crippen molar-refractivity contribution in [1.29, 1.82) is 5.26 Å². The molecule has 0 fully saturated rings. The zero-order valence-electron chi connectivity index (χ0n) is 10.2. The van der Waals surface area contributed by atoms with Gasteiger partial charge < -0.3 is 4.57 Å². The van der Waals surface area contributed by atoms with Crippen LogP contribution >= 0.6 is 34.8 Å². The van der Waals surface area contributed by atoms with Gasteiger partial charge in [0.2, 0.25) is 3.79 Å². The number of alkyl halides is 3. The third kappa shape index (κ3) is 3.11. The van der Waals surface area contributed by atoms with E-state index in [1.807, 2.05) is 13.0 Å². The molecule has 0 N–H and O–H groups in total. The molecular weight excluding hydrogens is 307 g/mol. The fourth-order valence-electron chi connectivity index (χ4n) is 1.86. The maximum atomic E-state index is 8.61. The lowest BCUT2D eigenvalue weighted by Gasteiger charge is -2.13. The summed E-state index contributed by atoms with van der Waals surface area (Å²) in [7, 11) is 0. The van der Waals surface area contributed by atoms with Gasteiger partial charge in [-0.2, -0.15) is 5.26 Å². The molecule has 0 aliphatic heterocycles. The highest BCUT2D eigenvalue weighted by Gasteiger charge is 2.30. The molecule has 0 amide bonds. The summed E-state index contributed by atoms with van der Waals surface area (Å²) in [6.45, 7) is 2.47. The number of aryl methyl sites for hydroxylation is 2. The molecule has 0 unspecified atom stereocenters. The van der Waals surface area contributed by atoms with Gasteiger partial charge in [0, 0.05) is 19.2 Å². The van der Waals surface area contributed by atoms with Crippen LogP contribution in [0.3, 0.4) is 0 Å². The van der Waals surface area contributed by atoms with Gasteiger partial charge in [-0.25, -0.2) is 9.97 Å². The number of hydrogen-bond donors (Lipinski definition) is 0. The van der Waals surface area contributed by atoms with Crippen molar-refractivity contribution in [2.45, 2.75) is 30.1 Å². The number of fused-ring (bicyclic) bond motifs is 1. The van der Waals surface area contributed by atoms with E-state index in [9.17, 15) is 0 Å². The second-order valence-corrected chi connectivity index (χ2v) is 6.48. The predicted molar refractivity (Wildman–Crippen MR) is 76.3 cm³/mol. The van der Waals surface area contributed by atoms with Crippen LogP contribution in [0.4, 0.5) is 0 Å². The fourth-order valence-corrected chi connectivity index (χ4v) is 2.29. The van der Waals surface area contributed by atoms with E-state index in [1.165, 1.54) is 0 Å². The van der Waals surface area contributed by atoms with Gasteiger partial charge in [0.15, 0.2) is 11.5 Å². The lowest BCUT2D eigenvalue weighted by molar-refractivity contribution is 0.635. The molecule has 2 aromatic heterocycles. The Labute approximate surface area is 125 Å². The van der Waals surface area contributed by atoms with E-state index in [2.05, 4.69) is 16.0 Å². The van der Waals surface area contributed by atoms with Crippen molar-refractivity contribution >= 4 is 46.0 Å². The number of unbranched alkanes of at least 4 members (excludes halogenated alkanes) is 1. The van der Waals surface area contributed by atoms with Crippen molar-refractivity contribution in [2.75, 3.05) is 0 Å². The van der Waals surface area contributed by atoms with E-state index in [1.54, 1.807) is 10.8 Å². The Hall–Kier alpha value is -1.02. The zero-order valence-corrected chi connectivity index (χ0v) is 12.5. The van der Waals surface area contributed by atoms with Crippen molar-refractivity contribution in [3.63, 3.8) is 0 Å². The number of rotatable bonds is 3. The fraction of sp³-hybridized carbons (Fsp3) is 0.417. The predicted octanol–water partition coefficient (Wildman–Crippen LogP) is 3.87. The van der Waals surface area contributed by atoms with Crippen molar-refractivity contribution in [2.24, 2.45) is 0 Å². The van der Waals surface area contributed by atoms with Gasteiger partial charge in [0.05, 0.1) is 6.07 Å². The lowest BCUT2D eigenvalue weighted by atomic mass is 10.3. The standard InChI is InChI=1S/C12H11Cl3N4/c1-8-6-9-10(17-7-8)19(5-3-2-4-16)11(18-9)12(13,14)15/h6-7H,2-3,5H2,1H3. The van der Waals surface area contributed by atoms with Crippen LogP contribution in [0.25, 0.3) is 11.2 Å². The van der Waals surface area contributed by atoms with Gasteiger partial charge in [0.1, 0.15) is 5.52 Å². The maximum Gasteiger partial charge on any atom is 0.248 e. The van der Waals surface area contributed by atoms with Gasteiger partial charge >= 0.3 is 0 Å². The summed E-state index contributed by atoms with van der Waals surface area (Å²) < 4.78 is 0.153. The summed E-state index contributed by atoms with van der Waals surface area (Å²) in [6, 6.07) is 3.98. The second-order valence-electron chi connectivity index (χ2n) is 4.20. The molecule has 100 valence electrons. The van der Waals surface area contributed by atoms with Crippen LogP contribution in [0.2, 0.25) is 0 Å². The van der Waals surface area contributed by atoms with Crippen LogP contribution in [0.1, 0.15) is 24.2 Å². The van der Waals surface area contributed by atoms with E-state index in [4.69, 9.17) is 40.1 Å². The third-order valence-electron chi connectivity index (χ3n) is 2.65. The smallest absolute Gasteiger partial charge is 0.248 e. The molecule has 4 nitrogen and oxygen atoms in total. The Morgan fingerprint density at radius 2 is 2.16 bits per heavy atom. The van der Waals surface area contributed by atoms with Crippen LogP contribution in [-0.2, 0) is 10.3 Å². The van der Waals surface area contributed by atoms with E-state index >= 15 is 0 Å². The average Bonchev–Trinajstić information content (AvgIpc) is 2.67. The minimum absolute atomic E-state index is 0.337. The summed E-state index contributed by atoms with van der Waals surface area (Å²) in [5, 5.41) is 8.61. The van der Waals surface area contributed by atoms with E-state index in [0.717, 1.165) is 5.56 Å². The molecule has 2 aromatic rings. The summed E-state index contributed by atoms with van der Waals surface area (Å²) >= 11 is 17.8. The summed E-state index contributed by atoms with van der Waals surface area (Å²) in [5.41, 5.74) is 2.35. The molecule has 0 aliphatic carbocycles. The zero-order chi connectivity index (χ0) is 14.0. The number of hydrogen-bond acceptors (Lipinski definition) is 3. The molecule has 0 saturated carbocycles. The van der Waals surface area contributed by atoms with Gasteiger partial charge in [-0.05, 0) is 25.0 Å². The molecule has 0 radical (unpaired) electrons. The van der Waals surface area contributed by atoms with Crippen molar-refractivity contribution in [3.05, 3.63) is 23.7 Å². The Kier molecular flexibility index (Phi) is 4.19. The first-order valence-electron chi connectivity index (χ1n) is 5.70.